The van der Waals surface area contributed by atoms with Crippen molar-refractivity contribution in [3.63, 3.8) is 0 Å². The van der Waals surface area contributed by atoms with Crippen molar-refractivity contribution in [1.29, 1.82) is 0 Å². The molecule has 13 atom stereocenters. The number of nitrogens with zero attached hydrogens (tertiary/aromatic N) is 1. The van der Waals surface area contributed by atoms with E-state index in [-0.39, 0.29) is 11.3 Å². The third-order valence-corrected chi connectivity index (χ3v) is 11.1. The van der Waals surface area contributed by atoms with E-state index in [0.717, 1.165) is 34.6 Å². The normalized spacial score (nSPS) is 38.9. The lowest BCUT2D eigenvalue weighted by Crippen LogP contribution is -2.83. The number of rotatable bonds is 6. The molecule has 1 N–H and O–H groups in total. The minimum Gasteiger partial charge on any atom is -0.465 e. The summed E-state index contributed by atoms with van der Waals surface area (Å²) in [5.41, 5.74) is -6.03. The molecule has 290 valence electrons. The van der Waals surface area contributed by atoms with Crippen LogP contribution in [0.2, 0.25) is 0 Å². The molecule has 17 nitrogen and oxygen atoms in total. The molecular weight excluding hydrogens is 702 g/mol. The van der Waals surface area contributed by atoms with E-state index < -0.39 is 132 Å². The Labute approximate surface area is 305 Å². The second-order valence-corrected chi connectivity index (χ2v) is 14.5. The number of ether oxygens (including phenoxy) is 8. The van der Waals surface area contributed by atoms with Crippen molar-refractivity contribution >= 4 is 41.8 Å². The lowest BCUT2D eigenvalue weighted by molar-refractivity contribution is -0.349. The molecule has 0 aromatic carbocycles. The molecule has 4 bridgehead atoms. The zero-order valence-corrected chi connectivity index (χ0v) is 30.9. The van der Waals surface area contributed by atoms with E-state index >= 15 is 0 Å². The van der Waals surface area contributed by atoms with Crippen LogP contribution in [0.25, 0.3) is 0 Å². The van der Waals surface area contributed by atoms with Gasteiger partial charge in [0.2, 0.25) is 0 Å². The fourth-order valence-corrected chi connectivity index (χ4v) is 8.95. The Hall–Kier alpha value is -4.64. The summed E-state index contributed by atoms with van der Waals surface area (Å²) in [6.45, 7) is 10.1. The number of hydrogen-bond acceptors (Lipinski definition) is 17. The summed E-state index contributed by atoms with van der Waals surface area (Å²) in [5, 5.41) is 12.3. The summed E-state index contributed by atoms with van der Waals surface area (Å²) in [7, 11) is 0. The molecule has 17 heteroatoms. The van der Waals surface area contributed by atoms with Crippen LogP contribution >= 0.6 is 0 Å². The van der Waals surface area contributed by atoms with E-state index in [1.165, 1.54) is 39.1 Å². The van der Waals surface area contributed by atoms with Gasteiger partial charge in [0.25, 0.3) is 0 Å². The molecule has 2 aliphatic heterocycles. The first-order valence-corrected chi connectivity index (χ1v) is 17.3. The number of carbonyl (C=O) groups is 7. The number of fused-ring (bicyclic) bond motifs is 5. The van der Waals surface area contributed by atoms with Gasteiger partial charge in [-0.15, -0.1) is 0 Å². The number of cyclic esters (lactones) is 1. The molecule has 3 heterocycles. The Morgan fingerprint density at radius 2 is 1.43 bits per heavy atom. The summed E-state index contributed by atoms with van der Waals surface area (Å²) in [5.74, 6) is -10.6. The molecule has 2 saturated carbocycles. The molecule has 0 radical (unpaired) electrons. The van der Waals surface area contributed by atoms with Gasteiger partial charge in [-0.3, -0.25) is 33.8 Å². The van der Waals surface area contributed by atoms with Gasteiger partial charge < -0.3 is 43.0 Å². The number of aliphatic hydroxyl groups excluding tert-OH is 1. The fraction of sp³-hybridized carbons (Fsp3) is 0.667. The predicted octanol–water partition coefficient (Wildman–Crippen LogP) is 1.35. The second-order valence-electron chi connectivity index (χ2n) is 14.5. The third-order valence-electron chi connectivity index (χ3n) is 11.1. The average Bonchev–Trinajstić information content (AvgIpc) is 3.28. The lowest BCUT2D eigenvalue weighted by atomic mass is 9.46. The highest BCUT2D eigenvalue weighted by molar-refractivity contribution is 5.91. The van der Waals surface area contributed by atoms with Gasteiger partial charge in [0, 0.05) is 52.7 Å². The van der Waals surface area contributed by atoms with Gasteiger partial charge in [-0.05, 0) is 19.1 Å². The van der Waals surface area contributed by atoms with Gasteiger partial charge in [-0.1, -0.05) is 20.8 Å². The van der Waals surface area contributed by atoms with E-state index in [1.807, 2.05) is 0 Å². The monoisotopic (exact) mass is 747 g/mol. The molecule has 13 unspecified atom stereocenters. The molecule has 0 amide bonds. The number of carbonyl (C=O) groups excluding carboxylic acids is 7. The first-order chi connectivity index (χ1) is 24.7. The maximum absolute atomic E-state index is 14.1. The van der Waals surface area contributed by atoms with E-state index in [4.69, 9.17) is 37.9 Å². The van der Waals surface area contributed by atoms with Gasteiger partial charge in [0.15, 0.2) is 6.10 Å². The van der Waals surface area contributed by atoms with Crippen molar-refractivity contribution < 1.29 is 76.6 Å². The van der Waals surface area contributed by atoms with Gasteiger partial charge >= 0.3 is 41.8 Å². The highest BCUT2D eigenvalue weighted by atomic mass is 16.7. The molecule has 1 aromatic rings. The zero-order chi connectivity index (χ0) is 39.4. The van der Waals surface area contributed by atoms with Crippen LogP contribution in [0.1, 0.15) is 84.3 Å². The Bertz CT molecular complexity index is 1700. The van der Waals surface area contributed by atoms with Gasteiger partial charge in [-0.2, -0.15) is 0 Å². The average molecular weight is 748 g/mol. The number of hydrogen-bond donors (Lipinski definition) is 1. The summed E-state index contributed by atoms with van der Waals surface area (Å²) in [6.07, 6.45) is -9.02. The molecule has 1 spiro atoms. The first kappa shape index (κ1) is 39.6. The van der Waals surface area contributed by atoms with Crippen molar-refractivity contribution in [1.82, 2.24) is 4.98 Å². The highest BCUT2D eigenvalue weighted by Gasteiger charge is 2.87. The van der Waals surface area contributed by atoms with Crippen molar-refractivity contribution in [2.45, 2.75) is 116 Å². The Morgan fingerprint density at radius 1 is 0.849 bits per heavy atom. The van der Waals surface area contributed by atoms with Crippen LogP contribution in [0, 0.1) is 23.2 Å². The quantitative estimate of drug-likeness (QED) is 0.320. The molecule has 4 aliphatic rings. The Balaban J connectivity index is 1.92. The lowest BCUT2D eigenvalue weighted by Gasteiger charge is -2.65. The summed E-state index contributed by atoms with van der Waals surface area (Å²) in [6, 6.07) is 2.98. The predicted molar refractivity (Wildman–Crippen MR) is 174 cm³/mol. The molecule has 3 fully saturated rings. The summed E-state index contributed by atoms with van der Waals surface area (Å²) >= 11 is 0. The van der Waals surface area contributed by atoms with Gasteiger partial charge in [-0.25, -0.2) is 4.79 Å². The van der Waals surface area contributed by atoms with E-state index in [1.54, 1.807) is 6.92 Å². The topological polar surface area (TPSA) is 226 Å². The molecule has 1 aromatic heterocycles. The van der Waals surface area contributed by atoms with Crippen LogP contribution in [-0.2, 0) is 66.7 Å². The van der Waals surface area contributed by atoms with Gasteiger partial charge in [0.05, 0.1) is 23.1 Å². The second kappa shape index (κ2) is 14.3. The molecule has 2 aliphatic carbocycles. The number of aliphatic hydroxyl groups is 1. The first-order valence-electron chi connectivity index (χ1n) is 17.3. The molecular formula is C36H45NO16. The zero-order valence-electron chi connectivity index (χ0n) is 30.9. The van der Waals surface area contributed by atoms with Crippen LogP contribution in [-0.4, -0.2) is 113 Å². The molecule has 5 rings (SSSR count). The summed E-state index contributed by atoms with van der Waals surface area (Å²) in [4.78, 5) is 96.9. The van der Waals surface area contributed by atoms with Crippen LogP contribution in [0.5, 0.6) is 0 Å². The van der Waals surface area contributed by atoms with E-state index in [9.17, 15) is 38.7 Å². The third kappa shape index (κ3) is 6.40. The number of pyridine rings is 1. The van der Waals surface area contributed by atoms with Crippen molar-refractivity contribution in [3.05, 3.63) is 29.6 Å². The highest BCUT2D eigenvalue weighted by Crippen LogP contribution is 2.69. The Kier molecular flexibility index (Phi) is 10.7. The number of esters is 7. The standard InChI is InChI=1S/C36H45NO16/c1-15-16(2)32(44)52-27-17(3)36-29(49-20(6)40)24(34(9,53-36)13-47-33(45)23-11-10-12-37-25(15)23)28(48-19(5)39)31(51-22(8)42)35(36,14-46-18(4)38)30(26(27)43)50-21(7)41/h10-12,15-17,24,26-31,43H,13-14H2,1-9H3. The van der Waals surface area contributed by atoms with Crippen molar-refractivity contribution in [2.24, 2.45) is 23.2 Å². The van der Waals surface area contributed by atoms with Crippen LogP contribution in [0.3, 0.4) is 0 Å². The van der Waals surface area contributed by atoms with E-state index in [0.29, 0.717) is 0 Å². The van der Waals surface area contributed by atoms with Crippen LogP contribution < -0.4 is 0 Å². The SMILES string of the molecule is CC(=O)OCC12C(OC(C)=O)C(O)C3OC(=O)C(C)C(C)c4ncccc4C(=O)OCC4(C)OC1(C3C)C(OC(C)=O)C4C(OC(C)=O)C2OC(C)=O. The van der Waals surface area contributed by atoms with E-state index in [2.05, 4.69) is 4.98 Å². The maximum atomic E-state index is 14.1. The summed E-state index contributed by atoms with van der Waals surface area (Å²) < 4.78 is 48.5. The van der Waals surface area contributed by atoms with Crippen molar-refractivity contribution in [3.8, 4) is 0 Å². The largest absolute Gasteiger partial charge is 0.465 e. The van der Waals surface area contributed by atoms with Gasteiger partial charge in [0.1, 0.15) is 60.4 Å². The smallest absolute Gasteiger partial charge is 0.340 e. The maximum Gasteiger partial charge on any atom is 0.340 e. The fourth-order valence-electron chi connectivity index (χ4n) is 8.95. The van der Waals surface area contributed by atoms with Crippen molar-refractivity contribution in [2.75, 3.05) is 13.2 Å². The Morgan fingerprint density at radius 3 is 2.02 bits per heavy atom. The molecule has 53 heavy (non-hydrogen) atoms. The van der Waals surface area contributed by atoms with Crippen LogP contribution in [0.4, 0.5) is 0 Å². The minimum absolute atomic E-state index is 0.0260. The number of aromatic nitrogens is 1. The molecule has 1 saturated heterocycles. The minimum atomic E-state index is -2.28. The van der Waals surface area contributed by atoms with Crippen LogP contribution in [0.15, 0.2) is 18.3 Å².